The van der Waals surface area contributed by atoms with Crippen molar-refractivity contribution in [2.24, 2.45) is 0 Å². The maximum absolute atomic E-state index is 5.81. The van der Waals surface area contributed by atoms with Gasteiger partial charge in [0.25, 0.3) is 0 Å². The number of thiol groups is 1. The first-order valence-corrected chi connectivity index (χ1v) is 4.62. The standard InChI is InChI=1S/C9H7ClN2S/c1-5-2-3-6-4-7(13)8(10)12-9(6)11-5/h2-4,13H,1H3. The summed E-state index contributed by atoms with van der Waals surface area (Å²) in [4.78, 5) is 9.04. The van der Waals surface area contributed by atoms with Crippen LogP contribution in [0.1, 0.15) is 5.69 Å². The first-order valence-electron chi connectivity index (χ1n) is 3.80. The van der Waals surface area contributed by atoms with Crippen LogP contribution in [0, 0.1) is 6.92 Å². The molecule has 66 valence electrons. The number of nitrogens with zero attached hydrogens (tertiary/aromatic N) is 2. The Morgan fingerprint density at radius 2 is 2.08 bits per heavy atom. The zero-order valence-electron chi connectivity index (χ0n) is 6.95. The Balaban J connectivity index is 2.81. The van der Waals surface area contributed by atoms with E-state index in [1.54, 1.807) is 0 Å². The topological polar surface area (TPSA) is 25.8 Å². The molecule has 4 heteroatoms. The minimum absolute atomic E-state index is 0.397. The Labute approximate surface area is 86.4 Å². The highest BCUT2D eigenvalue weighted by molar-refractivity contribution is 7.80. The zero-order chi connectivity index (χ0) is 9.42. The minimum atomic E-state index is 0.397. The van der Waals surface area contributed by atoms with E-state index in [0.29, 0.717) is 15.7 Å². The van der Waals surface area contributed by atoms with E-state index in [1.165, 1.54) is 0 Å². The highest BCUT2D eigenvalue weighted by atomic mass is 35.5. The Morgan fingerprint density at radius 3 is 2.85 bits per heavy atom. The Bertz CT molecular complexity index is 470. The van der Waals surface area contributed by atoms with Crippen molar-refractivity contribution < 1.29 is 0 Å². The lowest BCUT2D eigenvalue weighted by Crippen LogP contribution is -1.87. The van der Waals surface area contributed by atoms with Crippen LogP contribution in [0.3, 0.4) is 0 Å². The number of hydrogen-bond donors (Lipinski definition) is 1. The summed E-state index contributed by atoms with van der Waals surface area (Å²) < 4.78 is 0. The molecule has 0 aromatic carbocycles. The average Bonchev–Trinajstić information content (AvgIpc) is 2.08. The normalized spacial score (nSPS) is 10.7. The predicted molar refractivity (Wildman–Crippen MR) is 56.5 cm³/mol. The maximum Gasteiger partial charge on any atom is 0.161 e. The molecule has 0 saturated carbocycles. The van der Waals surface area contributed by atoms with Crippen molar-refractivity contribution in [2.45, 2.75) is 11.8 Å². The van der Waals surface area contributed by atoms with E-state index in [9.17, 15) is 0 Å². The lowest BCUT2D eigenvalue weighted by molar-refractivity contribution is 1.18. The second kappa shape index (κ2) is 3.16. The van der Waals surface area contributed by atoms with Crippen molar-refractivity contribution in [1.29, 1.82) is 0 Å². The van der Waals surface area contributed by atoms with E-state index < -0.39 is 0 Å². The molecule has 0 atom stereocenters. The van der Waals surface area contributed by atoms with Gasteiger partial charge in [-0.3, -0.25) is 0 Å². The van der Waals surface area contributed by atoms with Gasteiger partial charge in [0.05, 0.1) is 0 Å². The molecule has 0 fully saturated rings. The second-order valence-electron chi connectivity index (χ2n) is 2.80. The van der Waals surface area contributed by atoms with Crippen molar-refractivity contribution in [2.75, 3.05) is 0 Å². The SMILES string of the molecule is Cc1ccc2cc(S)c(Cl)nc2n1. The van der Waals surface area contributed by atoms with Crippen molar-refractivity contribution in [3.8, 4) is 0 Å². The van der Waals surface area contributed by atoms with Gasteiger partial charge < -0.3 is 0 Å². The van der Waals surface area contributed by atoms with Crippen LogP contribution in [0.15, 0.2) is 23.1 Å². The molecule has 2 heterocycles. The van der Waals surface area contributed by atoms with Gasteiger partial charge in [0.15, 0.2) is 5.65 Å². The molecule has 0 amide bonds. The molecule has 0 spiro atoms. The number of rotatable bonds is 0. The fourth-order valence-electron chi connectivity index (χ4n) is 1.11. The average molecular weight is 211 g/mol. The van der Waals surface area contributed by atoms with Crippen molar-refractivity contribution in [1.82, 2.24) is 9.97 Å². The Kier molecular flexibility index (Phi) is 2.14. The van der Waals surface area contributed by atoms with Crippen LogP contribution in [0.25, 0.3) is 11.0 Å². The quantitative estimate of drug-likeness (QED) is 0.535. The summed E-state index contributed by atoms with van der Waals surface area (Å²) in [5, 5.41) is 1.36. The molecule has 0 aliphatic carbocycles. The van der Waals surface area contributed by atoms with Crippen LogP contribution < -0.4 is 0 Å². The molecule has 13 heavy (non-hydrogen) atoms. The molecule has 0 saturated heterocycles. The summed E-state index contributed by atoms with van der Waals surface area (Å²) >= 11 is 9.99. The van der Waals surface area contributed by atoms with E-state index in [2.05, 4.69) is 22.6 Å². The van der Waals surface area contributed by atoms with Crippen LogP contribution in [-0.2, 0) is 0 Å². The number of hydrogen-bond acceptors (Lipinski definition) is 3. The molecule has 0 radical (unpaired) electrons. The summed E-state index contributed by atoms with van der Waals surface area (Å²) in [7, 11) is 0. The lowest BCUT2D eigenvalue weighted by atomic mass is 10.2. The van der Waals surface area contributed by atoms with Gasteiger partial charge in [0, 0.05) is 16.0 Å². The van der Waals surface area contributed by atoms with Gasteiger partial charge in [0.2, 0.25) is 0 Å². The smallest absolute Gasteiger partial charge is 0.161 e. The number of halogens is 1. The predicted octanol–water partition coefficient (Wildman–Crippen LogP) is 2.88. The van der Waals surface area contributed by atoms with E-state index in [0.717, 1.165) is 11.1 Å². The Hall–Kier alpha value is -0.800. The van der Waals surface area contributed by atoms with Crippen molar-refractivity contribution >= 4 is 35.3 Å². The van der Waals surface area contributed by atoms with E-state index >= 15 is 0 Å². The van der Waals surface area contributed by atoms with Crippen LogP contribution in [0.5, 0.6) is 0 Å². The molecule has 0 unspecified atom stereocenters. The first-order chi connectivity index (χ1) is 6.16. The van der Waals surface area contributed by atoms with Crippen LogP contribution in [0.2, 0.25) is 5.15 Å². The monoisotopic (exact) mass is 210 g/mol. The summed E-state index contributed by atoms with van der Waals surface area (Å²) in [5.41, 5.74) is 1.60. The molecule has 0 aliphatic rings. The minimum Gasteiger partial charge on any atom is -0.233 e. The third-order valence-electron chi connectivity index (χ3n) is 1.75. The number of pyridine rings is 2. The molecule has 0 N–H and O–H groups in total. The van der Waals surface area contributed by atoms with Crippen molar-refractivity contribution in [3.05, 3.63) is 29.0 Å². The molecule has 2 rings (SSSR count). The van der Waals surface area contributed by atoms with Gasteiger partial charge >= 0.3 is 0 Å². The van der Waals surface area contributed by atoms with Gasteiger partial charge in [-0.25, -0.2) is 9.97 Å². The fraction of sp³-hybridized carbons (Fsp3) is 0.111. The third kappa shape index (κ3) is 1.62. The Morgan fingerprint density at radius 1 is 1.31 bits per heavy atom. The summed E-state index contributed by atoms with van der Waals surface area (Å²) in [6, 6.07) is 5.76. The largest absolute Gasteiger partial charge is 0.233 e. The summed E-state index contributed by atoms with van der Waals surface area (Å²) in [6.45, 7) is 1.92. The fourth-order valence-corrected chi connectivity index (χ4v) is 1.44. The van der Waals surface area contributed by atoms with Gasteiger partial charge in [-0.15, -0.1) is 12.6 Å². The highest BCUT2D eigenvalue weighted by Crippen LogP contribution is 2.22. The van der Waals surface area contributed by atoms with E-state index in [-0.39, 0.29) is 0 Å². The second-order valence-corrected chi connectivity index (χ2v) is 3.64. The number of aromatic nitrogens is 2. The molecular formula is C9H7ClN2S. The molecule has 2 nitrogen and oxygen atoms in total. The zero-order valence-corrected chi connectivity index (χ0v) is 8.60. The molecule has 0 bridgehead atoms. The number of fused-ring (bicyclic) bond motifs is 1. The molecule has 0 aliphatic heterocycles. The third-order valence-corrected chi connectivity index (χ3v) is 2.51. The van der Waals surface area contributed by atoms with Gasteiger partial charge in [-0.05, 0) is 25.1 Å². The number of aryl methyl sites for hydroxylation is 1. The highest BCUT2D eigenvalue weighted by Gasteiger charge is 2.02. The van der Waals surface area contributed by atoms with Gasteiger partial charge in [-0.1, -0.05) is 11.6 Å². The van der Waals surface area contributed by atoms with E-state index in [4.69, 9.17) is 11.6 Å². The van der Waals surface area contributed by atoms with Crippen LogP contribution in [0.4, 0.5) is 0 Å². The van der Waals surface area contributed by atoms with Gasteiger partial charge in [-0.2, -0.15) is 0 Å². The summed E-state index contributed by atoms with van der Waals surface area (Å²) in [6.07, 6.45) is 0. The maximum atomic E-state index is 5.81. The van der Waals surface area contributed by atoms with Crippen LogP contribution >= 0.6 is 24.2 Å². The summed E-state index contributed by atoms with van der Waals surface area (Å²) in [5.74, 6) is 0. The van der Waals surface area contributed by atoms with E-state index in [1.807, 2.05) is 25.1 Å². The molecule has 2 aromatic rings. The van der Waals surface area contributed by atoms with Crippen molar-refractivity contribution in [3.63, 3.8) is 0 Å². The van der Waals surface area contributed by atoms with Gasteiger partial charge in [0.1, 0.15) is 5.15 Å². The molecular weight excluding hydrogens is 204 g/mol. The first kappa shape index (κ1) is 8.78. The molecule has 2 aromatic heterocycles. The lowest BCUT2D eigenvalue weighted by Gasteiger charge is -2.00. The van der Waals surface area contributed by atoms with Crippen LogP contribution in [-0.4, -0.2) is 9.97 Å².